The van der Waals surface area contributed by atoms with E-state index in [1.165, 1.54) is 5.56 Å². The fourth-order valence-corrected chi connectivity index (χ4v) is 3.50. The van der Waals surface area contributed by atoms with Crippen LogP contribution in [0.4, 0.5) is 5.13 Å². The Kier molecular flexibility index (Phi) is 4.65. The standard InChI is InChI=1S/C17H17N3S2/c1-2-13(12-8-4-3-5-9-12)18-16(21)20-17-19-14-10-6-7-11-15(14)22-17/h3-11,13H,2H2,1H3,(H2,18,19,20,21). The Morgan fingerprint density at radius 2 is 1.86 bits per heavy atom. The quantitative estimate of drug-likeness (QED) is 0.679. The number of nitrogens with zero attached hydrogens (tertiary/aromatic N) is 1. The average Bonchev–Trinajstić information content (AvgIpc) is 2.95. The van der Waals surface area contributed by atoms with E-state index >= 15 is 0 Å². The van der Waals surface area contributed by atoms with Gasteiger partial charge >= 0.3 is 0 Å². The minimum absolute atomic E-state index is 0.204. The Morgan fingerprint density at radius 1 is 1.14 bits per heavy atom. The van der Waals surface area contributed by atoms with Gasteiger partial charge < -0.3 is 10.6 Å². The molecule has 2 aromatic carbocycles. The second-order valence-electron chi connectivity index (χ2n) is 4.96. The number of hydrogen-bond donors (Lipinski definition) is 2. The zero-order valence-electron chi connectivity index (χ0n) is 12.2. The van der Waals surface area contributed by atoms with Gasteiger partial charge in [-0.25, -0.2) is 4.98 Å². The van der Waals surface area contributed by atoms with Gasteiger partial charge in [-0.1, -0.05) is 60.7 Å². The van der Waals surface area contributed by atoms with E-state index in [1.807, 2.05) is 36.4 Å². The number of nitrogens with one attached hydrogen (secondary N) is 2. The van der Waals surface area contributed by atoms with Crippen molar-refractivity contribution in [2.75, 3.05) is 5.32 Å². The van der Waals surface area contributed by atoms with Gasteiger partial charge in [0, 0.05) is 0 Å². The van der Waals surface area contributed by atoms with E-state index in [0.29, 0.717) is 5.11 Å². The molecule has 1 unspecified atom stereocenters. The average molecular weight is 327 g/mol. The molecule has 0 aliphatic rings. The van der Waals surface area contributed by atoms with Crippen molar-refractivity contribution in [2.45, 2.75) is 19.4 Å². The molecule has 0 amide bonds. The zero-order chi connectivity index (χ0) is 15.4. The van der Waals surface area contributed by atoms with Gasteiger partial charge in [-0.3, -0.25) is 0 Å². The number of thiocarbonyl (C=S) groups is 1. The maximum absolute atomic E-state index is 5.43. The summed E-state index contributed by atoms with van der Waals surface area (Å²) < 4.78 is 1.16. The fraction of sp³-hybridized carbons (Fsp3) is 0.176. The molecule has 3 nitrogen and oxygen atoms in total. The van der Waals surface area contributed by atoms with Gasteiger partial charge in [0.15, 0.2) is 10.2 Å². The van der Waals surface area contributed by atoms with Crippen molar-refractivity contribution in [1.29, 1.82) is 0 Å². The van der Waals surface area contributed by atoms with E-state index in [9.17, 15) is 0 Å². The lowest BCUT2D eigenvalue weighted by Crippen LogP contribution is -2.32. The third-order valence-corrected chi connectivity index (χ3v) is 4.60. The first-order valence-electron chi connectivity index (χ1n) is 7.24. The molecule has 5 heteroatoms. The summed E-state index contributed by atoms with van der Waals surface area (Å²) in [6.07, 6.45) is 0.964. The van der Waals surface area contributed by atoms with Crippen LogP contribution < -0.4 is 10.6 Å². The van der Waals surface area contributed by atoms with Gasteiger partial charge in [0.1, 0.15) is 0 Å². The molecule has 3 aromatic rings. The number of aromatic nitrogens is 1. The SMILES string of the molecule is CCC(NC(=S)Nc1nc2ccccc2s1)c1ccccc1. The lowest BCUT2D eigenvalue weighted by molar-refractivity contribution is 0.629. The second kappa shape index (κ2) is 6.85. The van der Waals surface area contributed by atoms with Crippen LogP contribution in [0.3, 0.4) is 0 Å². The summed E-state index contributed by atoms with van der Waals surface area (Å²) in [5, 5.41) is 7.98. The van der Waals surface area contributed by atoms with Crippen molar-refractivity contribution in [1.82, 2.24) is 10.3 Å². The topological polar surface area (TPSA) is 37.0 Å². The summed E-state index contributed by atoms with van der Waals surface area (Å²) in [5.74, 6) is 0. The summed E-state index contributed by atoms with van der Waals surface area (Å²) in [6, 6.07) is 18.6. The smallest absolute Gasteiger partial charge is 0.190 e. The molecule has 1 aromatic heterocycles. The molecular formula is C17H17N3S2. The third kappa shape index (κ3) is 3.43. The number of thiazole rings is 1. The van der Waals surface area contributed by atoms with Gasteiger partial charge in [-0.15, -0.1) is 0 Å². The Morgan fingerprint density at radius 3 is 2.59 bits per heavy atom. The molecule has 0 saturated heterocycles. The van der Waals surface area contributed by atoms with Crippen LogP contribution in [0.2, 0.25) is 0 Å². The highest BCUT2D eigenvalue weighted by atomic mass is 32.1. The highest BCUT2D eigenvalue weighted by Gasteiger charge is 2.11. The first kappa shape index (κ1) is 14.9. The van der Waals surface area contributed by atoms with E-state index in [1.54, 1.807) is 11.3 Å². The van der Waals surface area contributed by atoms with Crippen LogP contribution in [0.5, 0.6) is 0 Å². The van der Waals surface area contributed by atoms with E-state index < -0.39 is 0 Å². The molecule has 0 bridgehead atoms. The molecule has 0 spiro atoms. The van der Waals surface area contributed by atoms with Gasteiger partial charge in [0.2, 0.25) is 0 Å². The first-order chi connectivity index (χ1) is 10.8. The molecule has 0 fully saturated rings. The van der Waals surface area contributed by atoms with Crippen LogP contribution in [0.25, 0.3) is 10.2 Å². The predicted molar refractivity (Wildman–Crippen MR) is 98.5 cm³/mol. The zero-order valence-corrected chi connectivity index (χ0v) is 13.9. The van der Waals surface area contributed by atoms with Crippen LogP contribution >= 0.6 is 23.6 Å². The number of hydrogen-bond acceptors (Lipinski definition) is 3. The number of fused-ring (bicyclic) bond motifs is 1. The van der Waals surface area contributed by atoms with E-state index in [2.05, 4.69) is 40.7 Å². The molecule has 0 aliphatic heterocycles. The Bertz CT molecular complexity index is 735. The van der Waals surface area contributed by atoms with E-state index in [-0.39, 0.29) is 6.04 Å². The lowest BCUT2D eigenvalue weighted by Gasteiger charge is -2.19. The number of anilines is 1. The highest BCUT2D eigenvalue weighted by Crippen LogP contribution is 2.25. The summed E-state index contributed by atoms with van der Waals surface area (Å²) in [5.41, 5.74) is 2.23. The molecule has 1 heterocycles. The van der Waals surface area contributed by atoms with Gasteiger partial charge in [-0.05, 0) is 36.3 Å². The summed E-state index contributed by atoms with van der Waals surface area (Å²) in [7, 11) is 0. The van der Waals surface area contributed by atoms with E-state index in [0.717, 1.165) is 21.8 Å². The van der Waals surface area contributed by atoms with Crippen LogP contribution in [-0.4, -0.2) is 10.1 Å². The monoisotopic (exact) mass is 327 g/mol. The normalized spacial score (nSPS) is 12.0. The van der Waals surface area contributed by atoms with Gasteiger partial charge in [-0.2, -0.15) is 0 Å². The van der Waals surface area contributed by atoms with Crippen LogP contribution in [-0.2, 0) is 0 Å². The molecule has 22 heavy (non-hydrogen) atoms. The molecule has 3 rings (SSSR count). The van der Waals surface area contributed by atoms with Crippen molar-refractivity contribution >= 4 is 44.0 Å². The van der Waals surface area contributed by atoms with Crippen LogP contribution in [0, 0.1) is 0 Å². The minimum atomic E-state index is 0.204. The number of rotatable bonds is 4. The maximum atomic E-state index is 5.43. The minimum Gasteiger partial charge on any atom is -0.356 e. The van der Waals surface area contributed by atoms with E-state index in [4.69, 9.17) is 12.2 Å². The maximum Gasteiger partial charge on any atom is 0.190 e. The summed E-state index contributed by atoms with van der Waals surface area (Å²) in [4.78, 5) is 4.54. The Hall–Kier alpha value is -1.98. The Balaban J connectivity index is 1.68. The summed E-state index contributed by atoms with van der Waals surface area (Å²) >= 11 is 7.03. The number of benzene rings is 2. The second-order valence-corrected chi connectivity index (χ2v) is 6.40. The molecule has 1 atom stereocenters. The van der Waals surface area contributed by atoms with Crippen molar-refractivity contribution in [3.05, 3.63) is 60.2 Å². The van der Waals surface area contributed by atoms with Crippen molar-refractivity contribution in [3.63, 3.8) is 0 Å². The van der Waals surface area contributed by atoms with Crippen molar-refractivity contribution in [2.24, 2.45) is 0 Å². The molecule has 0 radical (unpaired) electrons. The molecule has 0 saturated carbocycles. The van der Waals surface area contributed by atoms with Crippen LogP contribution in [0.1, 0.15) is 24.9 Å². The largest absolute Gasteiger partial charge is 0.356 e. The predicted octanol–water partition coefficient (Wildman–Crippen LogP) is 4.73. The van der Waals surface area contributed by atoms with Gasteiger partial charge in [0.05, 0.1) is 16.3 Å². The first-order valence-corrected chi connectivity index (χ1v) is 8.47. The fourth-order valence-electron chi connectivity index (χ4n) is 2.32. The lowest BCUT2D eigenvalue weighted by atomic mass is 10.1. The highest BCUT2D eigenvalue weighted by molar-refractivity contribution is 7.80. The van der Waals surface area contributed by atoms with Crippen LogP contribution in [0.15, 0.2) is 54.6 Å². The molecule has 0 aliphatic carbocycles. The van der Waals surface area contributed by atoms with Gasteiger partial charge in [0.25, 0.3) is 0 Å². The van der Waals surface area contributed by atoms with Crippen molar-refractivity contribution < 1.29 is 0 Å². The molecular weight excluding hydrogens is 310 g/mol. The Labute approximate surface area is 139 Å². The number of para-hydroxylation sites is 1. The molecule has 112 valence electrons. The van der Waals surface area contributed by atoms with Crippen molar-refractivity contribution in [3.8, 4) is 0 Å². The third-order valence-electron chi connectivity index (χ3n) is 3.43. The molecule has 2 N–H and O–H groups in total. The summed E-state index contributed by atoms with van der Waals surface area (Å²) in [6.45, 7) is 2.14.